The van der Waals surface area contributed by atoms with Crippen molar-refractivity contribution in [2.75, 3.05) is 49.7 Å². The van der Waals surface area contributed by atoms with Gasteiger partial charge < -0.3 is 14.2 Å². The van der Waals surface area contributed by atoms with Crippen molar-refractivity contribution >= 4 is 48.6 Å². The van der Waals surface area contributed by atoms with E-state index in [0.717, 1.165) is 69.6 Å². The molecule has 0 unspecified atom stereocenters. The summed E-state index contributed by atoms with van der Waals surface area (Å²) in [5, 5.41) is 5.20. The summed E-state index contributed by atoms with van der Waals surface area (Å²) >= 11 is 1.56. The van der Waals surface area contributed by atoms with Crippen molar-refractivity contribution in [3.8, 4) is 5.69 Å². The fourth-order valence-electron chi connectivity index (χ4n) is 5.37. The van der Waals surface area contributed by atoms with E-state index in [2.05, 4.69) is 31.0 Å². The summed E-state index contributed by atoms with van der Waals surface area (Å²) in [6.45, 7) is 7.59. The molecule has 0 bridgehead atoms. The molecule has 4 heterocycles. The highest BCUT2D eigenvalue weighted by atomic mass is 32.2. The number of hydrogen-bond acceptors (Lipinski definition) is 8. The largest absolute Gasteiger partial charge is 0.379 e. The number of morpholine rings is 1. The van der Waals surface area contributed by atoms with Gasteiger partial charge in [-0.2, -0.15) is 9.41 Å². The van der Waals surface area contributed by atoms with Crippen molar-refractivity contribution in [1.29, 1.82) is 0 Å². The zero-order chi connectivity index (χ0) is 27.0. The number of ether oxygens (including phenoxy) is 1. The molecule has 0 spiro atoms. The number of fused-ring (bicyclic) bond motifs is 1. The second kappa shape index (κ2) is 10.7. The van der Waals surface area contributed by atoms with Crippen LogP contribution in [0.1, 0.15) is 29.8 Å². The van der Waals surface area contributed by atoms with Crippen LogP contribution in [0.25, 0.3) is 15.9 Å². The third kappa shape index (κ3) is 5.07. The number of nitrogens with zero attached hydrogens (tertiary/aromatic N) is 5. The van der Waals surface area contributed by atoms with Gasteiger partial charge in [-0.3, -0.25) is 5.43 Å². The highest BCUT2D eigenvalue weighted by Gasteiger charge is 2.28. The van der Waals surface area contributed by atoms with E-state index < -0.39 is 10.0 Å². The lowest BCUT2D eigenvalue weighted by Crippen LogP contribution is -2.40. The number of benzene rings is 2. The number of aromatic nitrogens is 2. The van der Waals surface area contributed by atoms with Gasteiger partial charge in [-0.25, -0.2) is 13.4 Å². The van der Waals surface area contributed by atoms with Crippen LogP contribution in [0, 0.1) is 13.8 Å². The van der Waals surface area contributed by atoms with Crippen molar-refractivity contribution < 1.29 is 13.2 Å². The smallest absolute Gasteiger partial charge is 0.243 e. The molecule has 2 fully saturated rings. The fourth-order valence-corrected chi connectivity index (χ4v) is 7.61. The van der Waals surface area contributed by atoms with Gasteiger partial charge in [-0.1, -0.05) is 23.5 Å². The van der Waals surface area contributed by atoms with E-state index in [4.69, 9.17) is 4.74 Å². The lowest BCUT2D eigenvalue weighted by Gasteiger charge is -2.28. The minimum Gasteiger partial charge on any atom is -0.379 e. The van der Waals surface area contributed by atoms with Crippen LogP contribution < -0.4 is 10.3 Å². The van der Waals surface area contributed by atoms with E-state index in [0.29, 0.717) is 31.2 Å². The van der Waals surface area contributed by atoms with Gasteiger partial charge >= 0.3 is 0 Å². The van der Waals surface area contributed by atoms with Gasteiger partial charge in [0, 0.05) is 43.1 Å². The van der Waals surface area contributed by atoms with Gasteiger partial charge in [0.1, 0.15) is 0 Å². The predicted octanol–water partition coefficient (Wildman–Crippen LogP) is 4.77. The maximum absolute atomic E-state index is 13.5. The van der Waals surface area contributed by atoms with E-state index in [-0.39, 0.29) is 0 Å². The first-order valence-electron chi connectivity index (χ1n) is 13.2. The van der Waals surface area contributed by atoms with Crippen LogP contribution in [0.5, 0.6) is 0 Å². The summed E-state index contributed by atoms with van der Waals surface area (Å²) in [5.74, 6) is 0. The molecular weight excluding hydrogens is 532 g/mol. The van der Waals surface area contributed by atoms with E-state index in [1.54, 1.807) is 23.6 Å². The quantitative estimate of drug-likeness (QED) is 0.257. The molecule has 2 aliphatic heterocycles. The Kier molecular flexibility index (Phi) is 7.15. The summed E-state index contributed by atoms with van der Waals surface area (Å²) in [6, 6.07) is 15.6. The zero-order valence-electron chi connectivity index (χ0n) is 22.1. The Morgan fingerprint density at radius 1 is 1.00 bits per heavy atom. The van der Waals surface area contributed by atoms with Gasteiger partial charge in [0.05, 0.1) is 45.9 Å². The molecule has 4 aromatic rings. The number of aryl methyl sites for hydroxylation is 1. The third-order valence-electron chi connectivity index (χ3n) is 7.37. The first-order chi connectivity index (χ1) is 18.9. The summed E-state index contributed by atoms with van der Waals surface area (Å²) in [5.41, 5.74) is 8.88. The van der Waals surface area contributed by atoms with Gasteiger partial charge in [0.2, 0.25) is 15.2 Å². The summed E-state index contributed by atoms with van der Waals surface area (Å²) in [6.07, 6.45) is 4.06. The van der Waals surface area contributed by atoms with Crippen LogP contribution in [0.15, 0.2) is 58.5 Å². The van der Waals surface area contributed by atoms with E-state index in [9.17, 15) is 8.42 Å². The molecule has 2 aromatic heterocycles. The van der Waals surface area contributed by atoms with Crippen molar-refractivity contribution in [2.45, 2.75) is 31.6 Å². The van der Waals surface area contributed by atoms with Crippen LogP contribution >= 0.6 is 11.3 Å². The molecule has 11 heteroatoms. The molecule has 2 saturated heterocycles. The minimum absolute atomic E-state index is 0.308. The van der Waals surface area contributed by atoms with E-state index >= 15 is 0 Å². The van der Waals surface area contributed by atoms with Gasteiger partial charge in [-0.15, -0.1) is 0 Å². The maximum atomic E-state index is 13.5. The molecule has 0 radical (unpaired) electrons. The molecule has 204 valence electrons. The Balaban J connectivity index is 1.35. The normalized spacial score (nSPS) is 17.0. The average Bonchev–Trinajstić information content (AvgIpc) is 3.68. The Morgan fingerprint density at radius 2 is 1.77 bits per heavy atom. The number of hydrogen-bond donors (Lipinski definition) is 1. The summed E-state index contributed by atoms with van der Waals surface area (Å²) < 4.78 is 37.2. The van der Waals surface area contributed by atoms with Crippen LogP contribution in [0.2, 0.25) is 0 Å². The van der Waals surface area contributed by atoms with Crippen LogP contribution in [0.4, 0.5) is 10.8 Å². The number of thiazole rings is 1. The predicted molar refractivity (Wildman–Crippen MR) is 157 cm³/mol. The second-order valence-corrected chi connectivity index (χ2v) is 12.8. The standard InChI is InChI=1S/C28H32N6O3S2/c1-20-17-22(19-29-31-28-30-24-7-3-4-8-27(24)38-28)21(2)34(20)26-18-23(9-10-25(26)32-11-5-6-12-32)39(35,36)33-13-15-37-16-14-33/h3-4,7-10,17-19H,5-6,11-16H2,1-2H3,(H,30,31)/b29-19+. The lowest BCUT2D eigenvalue weighted by atomic mass is 10.2. The van der Waals surface area contributed by atoms with Crippen molar-refractivity contribution in [1.82, 2.24) is 13.9 Å². The first kappa shape index (κ1) is 26.0. The monoisotopic (exact) mass is 564 g/mol. The SMILES string of the molecule is Cc1cc(/C=N/Nc2nc3ccccc3s2)c(C)n1-c1cc(S(=O)(=O)N2CCOCC2)ccc1N1CCCC1. The third-order valence-corrected chi connectivity index (χ3v) is 10.2. The number of anilines is 2. The topological polar surface area (TPSA) is 92.1 Å². The average molecular weight is 565 g/mol. The Labute approximate surface area is 232 Å². The van der Waals surface area contributed by atoms with Gasteiger partial charge in [0.25, 0.3) is 0 Å². The van der Waals surface area contributed by atoms with Gasteiger partial charge in [-0.05, 0) is 63.1 Å². The van der Waals surface area contributed by atoms with E-state index in [1.807, 2.05) is 50.2 Å². The molecule has 9 nitrogen and oxygen atoms in total. The number of sulfonamides is 1. The van der Waals surface area contributed by atoms with Crippen molar-refractivity contribution in [3.63, 3.8) is 0 Å². The second-order valence-electron chi connectivity index (χ2n) is 9.88. The molecular formula is C28H32N6O3S2. The summed E-state index contributed by atoms with van der Waals surface area (Å²) in [4.78, 5) is 7.23. The highest BCUT2D eigenvalue weighted by molar-refractivity contribution is 7.89. The summed E-state index contributed by atoms with van der Waals surface area (Å²) in [7, 11) is -3.63. The zero-order valence-corrected chi connectivity index (χ0v) is 23.8. The molecule has 39 heavy (non-hydrogen) atoms. The lowest BCUT2D eigenvalue weighted by molar-refractivity contribution is 0.0730. The van der Waals surface area contributed by atoms with Crippen LogP contribution in [0.3, 0.4) is 0 Å². The molecule has 2 aromatic carbocycles. The molecule has 6 rings (SSSR count). The Hall–Kier alpha value is -3.25. The molecule has 0 atom stereocenters. The number of hydrazone groups is 1. The number of rotatable bonds is 7. The minimum atomic E-state index is -3.63. The molecule has 0 saturated carbocycles. The number of para-hydroxylation sites is 1. The van der Waals surface area contributed by atoms with Crippen LogP contribution in [-0.4, -0.2) is 67.9 Å². The Morgan fingerprint density at radius 3 is 2.54 bits per heavy atom. The molecule has 2 aliphatic rings. The van der Waals surface area contributed by atoms with Crippen molar-refractivity contribution in [3.05, 3.63) is 65.5 Å². The first-order valence-corrected chi connectivity index (χ1v) is 15.5. The number of nitrogens with one attached hydrogen (secondary N) is 1. The van der Waals surface area contributed by atoms with Crippen molar-refractivity contribution in [2.24, 2.45) is 5.10 Å². The van der Waals surface area contributed by atoms with Gasteiger partial charge in [0.15, 0.2) is 0 Å². The highest BCUT2D eigenvalue weighted by Crippen LogP contribution is 2.34. The van der Waals surface area contributed by atoms with Crippen LogP contribution in [-0.2, 0) is 14.8 Å². The van der Waals surface area contributed by atoms with E-state index in [1.165, 1.54) is 4.31 Å². The molecule has 1 N–H and O–H groups in total. The molecule has 0 aliphatic carbocycles. The maximum Gasteiger partial charge on any atom is 0.243 e. The fraction of sp³-hybridized carbons (Fsp3) is 0.357. The molecule has 0 amide bonds. The Bertz CT molecular complexity index is 1600.